The Morgan fingerprint density at radius 2 is 2.29 bits per heavy atom. The molecule has 1 aromatic heterocycles. The van der Waals surface area contributed by atoms with Crippen molar-refractivity contribution in [1.29, 1.82) is 5.26 Å². The maximum Gasteiger partial charge on any atom is 0.310 e. The monoisotopic (exact) mass is 327 g/mol. The van der Waals surface area contributed by atoms with Gasteiger partial charge in [-0.2, -0.15) is 5.26 Å². The van der Waals surface area contributed by atoms with Gasteiger partial charge in [0.2, 0.25) is 0 Å². The molecule has 0 amide bonds. The van der Waals surface area contributed by atoms with E-state index in [0.717, 1.165) is 18.4 Å². The lowest BCUT2D eigenvalue weighted by Crippen LogP contribution is -2.39. The number of aromatic nitrogens is 1. The molecular weight excluding hydrogens is 309 g/mol. The minimum Gasteiger partial charge on any atom is -0.469 e. The zero-order valence-electron chi connectivity index (χ0n) is 13.7. The molecule has 1 aliphatic rings. The van der Waals surface area contributed by atoms with Crippen molar-refractivity contribution in [3.8, 4) is 6.07 Å². The number of methoxy groups -OCH3 is 1. The van der Waals surface area contributed by atoms with E-state index in [-0.39, 0.29) is 17.7 Å². The molecule has 2 heterocycles. The second-order valence-electron chi connectivity index (χ2n) is 6.06. The van der Waals surface area contributed by atoms with Gasteiger partial charge in [0.1, 0.15) is 11.9 Å². The molecule has 1 aromatic carbocycles. The number of hydrogen-bond acceptors (Lipinski definition) is 5. The van der Waals surface area contributed by atoms with Crippen molar-refractivity contribution in [2.75, 3.05) is 25.1 Å². The van der Waals surface area contributed by atoms with Crippen molar-refractivity contribution in [1.82, 2.24) is 4.98 Å². The SMILES string of the molecule is COC(=O)[C@@H]1CCCN(c2c(C#N)cnc3c(C)cc(F)cc23)C1. The van der Waals surface area contributed by atoms with Crippen LogP contribution in [0.5, 0.6) is 0 Å². The maximum absolute atomic E-state index is 13.9. The molecule has 0 bridgehead atoms. The van der Waals surface area contributed by atoms with Gasteiger partial charge >= 0.3 is 5.97 Å². The Hall–Kier alpha value is -2.68. The summed E-state index contributed by atoms with van der Waals surface area (Å²) in [6.07, 6.45) is 3.08. The largest absolute Gasteiger partial charge is 0.469 e. The molecule has 1 aliphatic heterocycles. The van der Waals surface area contributed by atoms with Crippen LogP contribution in [0.25, 0.3) is 10.9 Å². The number of rotatable bonds is 2. The van der Waals surface area contributed by atoms with Crippen molar-refractivity contribution >= 4 is 22.6 Å². The topological polar surface area (TPSA) is 66.2 Å². The number of aryl methyl sites for hydroxylation is 1. The molecule has 1 saturated heterocycles. The van der Waals surface area contributed by atoms with Gasteiger partial charge in [-0.3, -0.25) is 9.78 Å². The highest BCUT2D eigenvalue weighted by Crippen LogP contribution is 2.34. The first-order chi connectivity index (χ1) is 11.5. The number of fused-ring (bicyclic) bond motifs is 1. The van der Waals surface area contributed by atoms with Gasteiger partial charge in [0, 0.05) is 24.7 Å². The Bertz CT molecular complexity index is 844. The number of hydrogen-bond donors (Lipinski definition) is 0. The summed E-state index contributed by atoms with van der Waals surface area (Å²) < 4.78 is 18.8. The third-order valence-corrected chi connectivity index (χ3v) is 4.49. The van der Waals surface area contributed by atoms with Crippen LogP contribution in [0.2, 0.25) is 0 Å². The number of carbonyl (C=O) groups excluding carboxylic acids is 1. The minimum atomic E-state index is -0.361. The standard InChI is InChI=1S/C18H18FN3O2/c1-11-6-14(19)7-15-16(11)21-9-13(8-20)17(15)22-5-3-4-12(10-22)18(23)24-2/h6-7,9,12H,3-5,10H2,1-2H3/t12-/m1/s1. The first-order valence-electron chi connectivity index (χ1n) is 7.87. The van der Waals surface area contributed by atoms with Crippen LogP contribution in [-0.4, -0.2) is 31.2 Å². The predicted molar refractivity (Wildman–Crippen MR) is 88.1 cm³/mol. The first kappa shape index (κ1) is 16.2. The second kappa shape index (κ2) is 6.44. The summed E-state index contributed by atoms with van der Waals surface area (Å²) >= 11 is 0. The predicted octanol–water partition coefficient (Wildman–Crippen LogP) is 2.94. The maximum atomic E-state index is 13.9. The van der Waals surface area contributed by atoms with E-state index in [0.29, 0.717) is 35.2 Å². The molecular formula is C18H18FN3O2. The van der Waals surface area contributed by atoms with Crippen LogP contribution in [0.15, 0.2) is 18.3 Å². The third-order valence-electron chi connectivity index (χ3n) is 4.49. The quantitative estimate of drug-likeness (QED) is 0.794. The fourth-order valence-electron chi connectivity index (χ4n) is 3.38. The van der Waals surface area contributed by atoms with Crippen LogP contribution < -0.4 is 4.90 Å². The number of pyridine rings is 1. The lowest BCUT2D eigenvalue weighted by molar-refractivity contribution is -0.145. The smallest absolute Gasteiger partial charge is 0.310 e. The first-order valence-corrected chi connectivity index (χ1v) is 7.87. The van der Waals surface area contributed by atoms with E-state index in [9.17, 15) is 14.4 Å². The van der Waals surface area contributed by atoms with E-state index in [1.807, 2.05) is 4.90 Å². The fourth-order valence-corrected chi connectivity index (χ4v) is 3.38. The number of halogens is 1. The van der Waals surface area contributed by atoms with E-state index >= 15 is 0 Å². The lowest BCUT2D eigenvalue weighted by atomic mass is 9.96. The van der Waals surface area contributed by atoms with E-state index in [2.05, 4.69) is 11.1 Å². The summed E-state index contributed by atoms with van der Waals surface area (Å²) in [6.45, 7) is 2.95. The summed E-state index contributed by atoms with van der Waals surface area (Å²) in [5, 5.41) is 10.1. The van der Waals surface area contributed by atoms with Crippen LogP contribution in [0.1, 0.15) is 24.0 Å². The molecule has 0 radical (unpaired) electrons. The Morgan fingerprint density at radius 3 is 3.00 bits per heavy atom. The van der Waals surface area contributed by atoms with Crippen molar-refractivity contribution in [3.63, 3.8) is 0 Å². The van der Waals surface area contributed by atoms with Crippen molar-refractivity contribution in [2.45, 2.75) is 19.8 Å². The Kier molecular flexibility index (Phi) is 4.34. The molecule has 1 atom stereocenters. The Morgan fingerprint density at radius 1 is 1.50 bits per heavy atom. The second-order valence-corrected chi connectivity index (χ2v) is 6.06. The van der Waals surface area contributed by atoms with Gasteiger partial charge in [-0.25, -0.2) is 4.39 Å². The average molecular weight is 327 g/mol. The van der Waals surface area contributed by atoms with Gasteiger partial charge in [-0.1, -0.05) is 0 Å². The normalized spacial score (nSPS) is 17.6. The van der Waals surface area contributed by atoms with Crippen molar-refractivity contribution < 1.29 is 13.9 Å². The van der Waals surface area contributed by atoms with Crippen LogP contribution in [-0.2, 0) is 9.53 Å². The number of anilines is 1. The van der Waals surface area contributed by atoms with E-state index in [4.69, 9.17) is 4.74 Å². The van der Waals surface area contributed by atoms with Gasteiger partial charge in [-0.15, -0.1) is 0 Å². The minimum absolute atomic E-state index is 0.242. The molecule has 6 heteroatoms. The lowest BCUT2D eigenvalue weighted by Gasteiger charge is -2.34. The molecule has 3 rings (SSSR count). The van der Waals surface area contributed by atoms with Gasteiger partial charge in [0.25, 0.3) is 0 Å². The van der Waals surface area contributed by atoms with Crippen LogP contribution in [0.4, 0.5) is 10.1 Å². The summed E-state index contributed by atoms with van der Waals surface area (Å²) in [7, 11) is 1.38. The molecule has 0 aliphatic carbocycles. The molecule has 0 N–H and O–H groups in total. The average Bonchev–Trinajstić information content (AvgIpc) is 2.59. The number of nitriles is 1. The van der Waals surface area contributed by atoms with Crippen molar-refractivity contribution in [3.05, 3.63) is 35.3 Å². The van der Waals surface area contributed by atoms with Crippen LogP contribution in [0, 0.1) is 30.0 Å². The zero-order valence-corrected chi connectivity index (χ0v) is 13.7. The zero-order chi connectivity index (χ0) is 17.3. The van der Waals surface area contributed by atoms with Gasteiger partial charge in [-0.05, 0) is 37.5 Å². The summed E-state index contributed by atoms with van der Waals surface area (Å²) in [4.78, 5) is 18.2. The summed E-state index contributed by atoms with van der Waals surface area (Å²) in [5.74, 6) is -0.855. The highest BCUT2D eigenvalue weighted by Gasteiger charge is 2.29. The molecule has 24 heavy (non-hydrogen) atoms. The molecule has 0 unspecified atom stereocenters. The number of carbonyl (C=O) groups is 1. The molecule has 2 aromatic rings. The summed E-state index contributed by atoms with van der Waals surface area (Å²) in [5.41, 5.74) is 2.43. The van der Waals surface area contributed by atoms with E-state index in [1.165, 1.54) is 25.4 Å². The van der Waals surface area contributed by atoms with Crippen LogP contribution in [0.3, 0.4) is 0 Å². The number of esters is 1. The molecule has 124 valence electrons. The van der Waals surface area contributed by atoms with Gasteiger partial charge < -0.3 is 9.64 Å². The van der Waals surface area contributed by atoms with Gasteiger partial charge in [0.05, 0.1) is 29.8 Å². The number of benzene rings is 1. The molecule has 5 nitrogen and oxygen atoms in total. The fraction of sp³-hybridized carbons (Fsp3) is 0.389. The van der Waals surface area contributed by atoms with Gasteiger partial charge in [0.15, 0.2) is 0 Å². The van der Waals surface area contributed by atoms with Crippen molar-refractivity contribution in [2.24, 2.45) is 5.92 Å². The Labute approximate surface area is 139 Å². The Balaban J connectivity index is 2.13. The van der Waals surface area contributed by atoms with E-state index in [1.54, 1.807) is 6.92 Å². The number of piperidine rings is 1. The van der Waals surface area contributed by atoms with Crippen LogP contribution >= 0.6 is 0 Å². The van der Waals surface area contributed by atoms with E-state index < -0.39 is 0 Å². The molecule has 1 fully saturated rings. The highest BCUT2D eigenvalue weighted by atomic mass is 19.1. The summed E-state index contributed by atoms with van der Waals surface area (Å²) in [6, 6.07) is 4.98. The highest BCUT2D eigenvalue weighted by molar-refractivity contribution is 5.96. The number of nitrogens with zero attached hydrogens (tertiary/aromatic N) is 3. The number of ether oxygens (including phenoxy) is 1. The third kappa shape index (κ3) is 2.78. The molecule has 0 saturated carbocycles. The molecule has 0 spiro atoms.